The molecule has 1 aromatic heterocycles. The van der Waals surface area contributed by atoms with Crippen molar-refractivity contribution in [3.63, 3.8) is 0 Å². The van der Waals surface area contributed by atoms with Gasteiger partial charge >= 0.3 is 0 Å². The average molecular weight is 345 g/mol. The van der Waals surface area contributed by atoms with E-state index < -0.39 is 0 Å². The number of fused-ring (bicyclic) bond motifs is 1. The highest BCUT2D eigenvalue weighted by Gasteiger charge is 2.13. The highest BCUT2D eigenvalue weighted by atomic mass is 79.9. The molecule has 0 fully saturated rings. The van der Waals surface area contributed by atoms with Crippen molar-refractivity contribution < 1.29 is 0 Å². The van der Waals surface area contributed by atoms with Crippen LogP contribution >= 0.6 is 15.9 Å². The molecular weight excluding hydrogens is 328 g/mol. The summed E-state index contributed by atoms with van der Waals surface area (Å²) in [5.41, 5.74) is 2.08. The van der Waals surface area contributed by atoms with Crippen LogP contribution in [0.3, 0.4) is 0 Å². The largest absolute Gasteiger partial charge is 0.274 e. The Hall–Kier alpha value is -1.81. The number of hydrogen-bond donors (Lipinski definition) is 0. The minimum atomic E-state index is 0.0871. The summed E-state index contributed by atoms with van der Waals surface area (Å²) < 4.78 is 3.88. The lowest BCUT2D eigenvalue weighted by atomic mass is 10.2. The summed E-state index contributed by atoms with van der Waals surface area (Å²) in [6, 6.07) is 17.9. The van der Waals surface area contributed by atoms with Gasteiger partial charge in [0.15, 0.2) is 0 Å². The van der Waals surface area contributed by atoms with E-state index in [0.29, 0.717) is 0 Å². The first-order chi connectivity index (χ1) is 10.3. The lowest BCUT2D eigenvalue weighted by Crippen LogP contribution is -2.22. The zero-order valence-corrected chi connectivity index (χ0v) is 13.3. The standard InChI is InChI=1S/C17H17BrN2O/c18-12-6-7-13-19-17(21)15-10-4-5-11-16(15)20(19)14-8-2-1-3-9-14/h1-5,8-11H,6-7,12-13H2. The van der Waals surface area contributed by atoms with E-state index in [0.717, 1.165) is 41.3 Å². The number of halogens is 1. The number of hydrogen-bond acceptors (Lipinski definition) is 1. The van der Waals surface area contributed by atoms with Crippen molar-refractivity contribution >= 4 is 26.8 Å². The fraction of sp³-hybridized carbons (Fsp3) is 0.235. The van der Waals surface area contributed by atoms with Gasteiger partial charge in [-0.25, -0.2) is 4.68 Å². The van der Waals surface area contributed by atoms with E-state index in [1.54, 1.807) is 0 Å². The van der Waals surface area contributed by atoms with Crippen LogP contribution in [0.15, 0.2) is 59.4 Å². The summed E-state index contributed by atoms with van der Waals surface area (Å²) in [7, 11) is 0. The third-order valence-corrected chi connectivity index (χ3v) is 4.15. The molecule has 0 radical (unpaired) electrons. The SMILES string of the molecule is O=c1c2ccccc2n(-c2ccccc2)n1CCCCBr. The van der Waals surface area contributed by atoms with E-state index >= 15 is 0 Å². The maximum Gasteiger partial charge on any atom is 0.274 e. The average Bonchev–Trinajstić information content (AvgIpc) is 2.82. The Morgan fingerprint density at radius 1 is 0.905 bits per heavy atom. The number of rotatable bonds is 5. The van der Waals surface area contributed by atoms with E-state index in [1.807, 2.05) is 64.0 Å². The Balaban J connectivity index is 2.20. The molecule has 3 aromatic rings. The van der Waals surface area contributed by atoms with Gasteiger partial charge in [-0.1, -0.05) is 46.3 Å². The van der Waals surface area contributed by atoms with Gasteiger partial charge in [0.05, 0.1) is 16.6 Å². The monoisotopic (exact) mass is 344 g/mol. The molecule has 0 spiro atoms. The molecule has 0 bridgehead atoms. The van der Waals surface area contributed by atoms with Crippen LogP contribution in [0.4, 0.5) is 0 Å². The van der Waals surface area contributed by atoms with Crippen LogP contribution in [0.2, 0.25) is 0 Å². The predicted molar refractivity (Wildman–Crippen MR) is 90.6 cm³/mol. The minimum absolute atomic E-state index is 0.0871. The van der Waals surface area contributed by atoms with Gasteiger partial charge in [0.1, 0.15) is 0 Å². The third-order valence-electron chi connectivity index (χ3n) is 3.59. The maximum atomic E-state index is 12.6. The van der Waals surface area contributed by atoms with Crippen molar-refractivity contribution in [3.8, 4) is 5.69 Å². The van der Waals surface area contributed by atoms with E-state index in [9.17, 15) is 4.79 Å². The normalized spacial score (nSPS) is 11.1. The van der Waals surface area contributed by atoms with Crippen LogP contribution in [0.25, 0.3) is 16.6 Å². The van der Waals surface area contributed by atoms with Crippen molar-refractivity contribution in [1.82, 2.24) is 9.36 Å². The molecule has 0 aliphatic carbocycles. The molecular formula is C17H17BrN2O. The molecule has 21 heavy (non-hydrogen) atoms. The molecule has 0 aliphatic heterocycles. The second kappa shape index (κ2) is 6.31. The zero-order valence-electron chi connectivity index (χ0n) is 11.7. The fourth-order valence-corrected chi connectivity index (χ4v) is 3.00. The highest BCUT2D eigenvalue weighted by molar-refractivity contribution is 9.09. The first kappa shape index (κ1) is 14.1. The number of benzene rings is 2. The molecule has 0 N–H and O–H groups in total. The van der Waals surface area contributed by atoms with E-state index in [2.05, 4.69) is 15.9 Å². The minimum Gasteiger partial charge on any atom is -0.267 e. The Morgan fingerprint density at radius 2 is 1.62 bits per heavy atom. The molecule has 0 unspecified atom stereocenters. The Labute approximate surface area is 131 Å². The molecule has 108 valence electrons. The van der Waals surface area contributed by atoms with Crippen LogP contribution in [0.5, 0.6) is 0 Å². The van der Waals surface area contributed by atoms with Crippen molar-refractivity contribution in [1.29, 1.82) is 0 Å². The first-order valence-corrected chi connectivity index (χ1v) is 8.27. The van der Waals surface area contributed by atoms with Crippen LogP contribution < -0.4 is 5.56 Å². The maximum absolute atomic E-state index is 12.6. The van der Waals surface area contributed by atoms with Crippen molar-refractivity contribution in [2.75, 3.05) is 5.33 Å². The Bertz CT molecular complexity index is 789. The zero-order chi connectivity index (χ0) is 14.7. The number of unbranched alkanes of at least 4 members (excludes halogenated alkanes) is 1. The van der Waals surface area contributed by atoms with Gasteiger partial charge in [-0.3, -0.25) is 9.48 Å². The van der Waals surface area contributed by atoms with Crippen LogP contribution in [-0.4, -0.2) is 14.7 Å². The molecule has 2 aromatic carbocycles. The summed E-state index contributed by atoms with van der Waals surface area (Å²) in [6.45, 7) is 0.730. The fourth-order valence-electron chi connectivity index (χ4n) is 2.60. The van der Waals surface area contributed by atoms with Crippen molar-refractivity contribution in [2.45, 2.75) is 19.4 Å². The smallest absolute Gasteiger partial charge is 0.267 e. The highest BCUT2D eigenvalue weighted by Crippen LogP contribution is 2.17. The summed E-state index contributed by atoms with van der Waals surface area (Å²) >= 11 is 3.45. The quantitative estimate of drug-likeness (QED) is 0.508. The second-order valence-electron chi connectivity index (χ2n) is 4.99. The molecule has 0 amide bonds. The molecule has 1 heterocycles. The molecule has 0 saturated carbocycles. The van der Waals surface area contributed by atoms with Gasteiger partial charge in [0.2, 0.25) is 0 Å². The summed E-state index contributed by atoms with van der Waals surface area (Å²) in [4.78, 5) is 12.6. The number of nitrogens with zero attached hydrogens (tertiary/aromatic N) is 2. The van der Waals surface area contributed by atoms with Crippen LogP contribution in [0.1, 0.15) is 12.8 Å². The summed E-state index contributed by atoms with van der Waals surface area (Å²) in [5, 5.41) is 1.74. The molecule has 0 aliphatic rings. The topological polar surface area (TPSA) is 26.9 Å². The Morgan fingerprint density at radius 3 is 2.38 bits per heavy atom. The van der Waals surface area contributed by atoms with Crippen LogP contribution in [0, 0.1) is 0 Å². The summed E-state index contributed by atoms with van der Waals surface area (Å²) in [6.07, 6.45) is 2.04. The molecule has 0 atom stereocenters. The van der Waals surface area contributed by atoms with E-state index in [4.69, 9.17) is 0 Å². The third kappa shape index (κ3) is 2.68. The van der Waals surface area contributed by atoms with Gasteiger partial charge in [-0.15, -0.1) is 0 Å². The number of aromatic nitrogens is 2. The number of para-hydroxylation sites is 2. The van der Waals surface area contributed by atoms with Gasteiger partial charge in [0.25, 0.3) is 5.56 Å². The molecule has 3 rings (SSSR count). The lowest BCUT2D eigenvalue weighted by molar-refractivity contribution is 0.519. The summed E-state index contributed by atoms with van der Waals surface area (Å²) in [5.74, 6) is 0. The van der Waals surface area contributed by atoms with Gasteiger partial charge in [-0.2, -0.15) is 0 Å². The lowest BCUT2D eigenvalue weighted by Gasteiger charge is -2.12. The van der Waals surface area contributed by atoms with E-state index in [1.165, 1.54) is 0 Å². The number of alkyl halides is 1. The van der Waals surface area contributed by atoms with Gasteiger partial charge in [0, 0.05) is 11.9 Å². The molecule has 0 saturated heterocycles. The first-order valence-electron chi connectivity index (χ1n) is 7.15. The molecule has 3 nitrogen and oxygen atoms in total. The Kier molecular flexibility index (Phi) is 4.25. The van der Waals surface area contributed by atoms with Crippen LogP contribution in [-0.2, 0) is 6.54 Å². The van der Waals surface area contributed by atoms with Crippen molar-refractivity contribution in [3.05, 3.63) is 65.0 Å². The van der Waals surface area contributed by atoms with Gasteiger partial charge in [-0.05, 0) is 37.1 Å². The van der Waals surface area contributed by atoms with Gasteiger partial charge < -0.3 is 0 Å². The van der Waals surface area contributed by atoms with Crippen molar-refractivity contribution in [2.24, 2.45) is 0 Å². The molecule has 4 heteroatoms. The van der Waals surface area contributed by atoms with E-state index in [-0.39, 0.29) is 5.56 Å². The predicted octanol–water partition coefficient (Wildman–Crippen LogP) is 3.97. The second-order valence-corrected chi connectivity index (χ2v) is 5.78.